The maximum Gasteiger partial charge on any atom is 0.254 e. The molecule has 0 spiro atoms. The number of amides is 1. The van der Waals surface area contributed by atoms with Crippen molar-refractivity contribution in [3.8, 4) is 0 Å². The number of anilines is 2. The summed E-state index contributed by atoms with van der Waals surface area (Å²) in [4.78, 5) is 22.1. The molecule has 122 valence electrons. The van der Waals surface area contributed by atoms with E-state index in [2.05, 4.69) is 20.6 Å². The van der Waals surface area contributed by atoms with E-state index in [1.165, 1.54) is 12.4 Å². The first-order valence-electron chi connectivity index (χ1n) is 6.93. The molecule has 1 amide bonds. The molecule has 8 heteroatoms. The monoisotopic (exact) mass is 353 g/mol. The summed E-state index contributed by atoms with van der Waals surface area (Å²) in [5, 5.41) is 6.71. The highest BCUT2D eigenvalue weighted by molar-refractivity contribution is 6.42. The standard InChI is InChI=1S/C15H17Cl2N5O/c1-22(2)6-5-18-14(23)10-8-19-15(20-9-10)21-11-3-4-12(16)13(17)7-11/h3-4,7-9H,5-6H2,1-2H3,(H,18,23)(H,19,20,21). The van der Waals surface area contributed by atoms with Crippen LogP contribution in [0.3, 0.4) is 0 Å². The van der Waals surface area contributed by atoms with E-state index in [9.17, 15) is 4.79 Å². The predicted molar refractivity (Wildman–Crippen MR) is 92.7 cm³/mol. The zero-order chi connectivity index (χ0) is 16.8. The Morgan fingerprint density at radius 1 is 1.17 bits per heavy atom. The van der Waals surface area contributed by atoms with Crippen molar-refractivity contribution in [2.45, 2.75) is 0 Å². The van der Waals surface area contributed by atoms with Crippen molar-refractivity contribution in [1.29, 1.82) is 0 Å². The lowest BCUT2D eigenvalue weighted by atomic mass is 10.3. The van der Waals surface area contributed by atoms with E-state index < -0.39 is 0 Å². The van der Waals surface area contributed by atoms with Crippen molar-refractivity contribution in [3.63, 3.8) is 0 Å². The first-order chi connectivity index (χ1) is 11.0. The van der Waals surface area contributed by atoms with Crippen molar-refractivity contribution in [2.75, 3.05) is 32.5 Å². The second-order valence-corrected chi connectivity index (χ2v) is 5.92. The molecule has 2 rings (SSSR count). The van der Waals surface area contributed by atoms with Crippen molar-refractivity contribution in [3.05, 3.63) is 46.2 Å². The van der Waals surface area contributed by atoms with Gasteiger partial charge in [-0.2, -0.15) is 0 Å². The summed E-state index contributed by atoms with van der Waals surface area (Å²) in [5.41, 5.74) is 1.12. The average Bonchev–Trinajstić information content (AvgIpc) is 2.51. The number of aromatic nitrogens is 2. The van der Waals surface area contributed by atoms with Crippen LogP contribution < -0.4 is 10.6 Å². The van der Waals surface area contributed by atoms with Gasteiger partial charge in [-0.25, -0.2) is 9.97 Å². The van der Waals surface area contributed by atoms with Gasteiger partial charge in [0.25, 0.3) is 5.91 Å². The molecule has 0 radical (unpaired) electrons. The molecule has 0 saturated heterocycles. The molecule has 0 aliphatic heterocycles. The van der Waals surface area contributed by atoms with Crippen LogP contribution in [0.2, 0.25) is 10.0 Å². The van der Waals surface area contributed by atoms with Crippen LogP contribution >= 0.6 is 23.2 Å². The van der Waals surface area contributed by atoms with Gasteiger partial charge in [-0.1, -0.05) is 23.2 Å². The Kier molecular flexibility index (Phi) is 6.15. The van der Waals surface area contributed by atoms with Gasteiger partial charge in [-0.3, -0.25) is 4.79 Å². The van der Waals surface area contributed by atoms with E-state index >= 15 is 0 Å². The quantitative estimate of drug-likeness (QED) is 0.835. The lowest BCUT2D eigenvalue weighted by molar-refractivity contribution is 0.0950. The molecule has 1 aromatic heterocycles. The Hall–Kier alpha value is -1.89. The number of likely N-dealkylation sites (N-methyl/N-ethyl adjacent to an activating group) is 1. The summed E-state index contributed by atoms with van der Waals surface area (Å²) in [6, 6.07) is 5.12. The third-order valence-electron chi connectivity index (χ3n) is 2.93. The van der Waals surface area contributed by atoms with E-state index in [0.29, 0.717) is 33.8 Å². The lowest BCUT2D eigenvalue weighted by Gasteiger charge is -2.10. The summed E-state index contributed by atoms with van der Waals surface area (Å²) in [5.74, 6) is 0.168. The SMILES string of the molecule is CN(C)CCNC(=O)c1cnc(Nc2ccc(Cl)c(Cl)c2)nc1. The second kappa shape index (κ2) is 8.10. The zero-order valence-electron chi connectivity index (χ0n) is 12.8. The summed E-state index contributed by atoms with van der Waals surface area (Å²) >= 11 is 11.8. The molecule has 2 N–H and O–H groups in total. The molecule has 1 aromatic carbocycles. The molecule has 0 fully saturated rings. The summed E-state index contributed by atoms with van der Waals surface area (Å²) in [6.07, 6.45) is 2.94. The van der Waals surface area contributed by atoms with Gasteiger partial charge in [0.15, 0.2) is 0 Å². The van der Waals surface area contributed by atoms with E-state index in [1.807, 2.05) is 19.0 Å². The van der Waals surface area contributed by atoms with Gasteiger partial charge in [0, 0.05) is 31.2 Å². The average molecular weight is 354 g/mol. The normalized spacial score (nSPS) is 10.7. The summed E-state index contributed by atoms with van der Waals surface area (Å²) in [7, 11) is 3.89. The maximum atomic E-state index is 11.9. The zero-order valence-corrected chi connectivity index (χ0v) is 14.3. The molecule has 0 aliphatic rings. The number of nitrogens with one attached hydrogen (secondary N) is 2. The van der Waals surface area contributed by atoms with Gasteiger partial charge >= 0.3 is 0 Å². The van der Waals surface area contributed by atoms with Crippen LogP contribution in [0.25, 0.3) is 0 Å². The van der Waals surface area contributed by atoms with Crippen LogP contribution in [0, 0.1) is 0 Å². The molecule has 0 aliphatic carbocycles. The van der Waals surface area contributed by atoms with Gasteiger partial charge < -0.3 is 15.5 Å². The van der Waals surface area contributed by atoms with Gasteiger partial charge in [0.2, 0.25) is 5.95 Å². The Morgan fingerprint density at radius 3 is 2.48 bits per heavy atom. The summed E-state index contributed by atoms with van der Waals surface area (Å²) < 4.78 is 0. The smallest absolute Gasteiger partial charge is 0.254 e. The fraction of sp³-hybridized carbons (Fsp3) is 0.267. The van der Waals surface area contributed by atoms with Crippen LogP contribution in [0.15, 0.2) is 30.6 Å². The van der Waals surface area contributed by atoms with Gasteiger partial charge in [-0.05, 0) is 32.3 Å². The molecular formula is C15H17Cl2N5O. The Balaban J connectivity index is 1.96. The fourth-order valence-corrected chi connectivity index (χ4v) is 2.01. The number of carbonyl (C=O) groups is 1. The van der Waals surface area contributed by atoms with Crippen LogP contribution in [0.5, 0.6) is 0 Å². The largest absolute Gasteiger partial charge is 0.351 e. The molecule has 2 aromatic rings. The number of benzene rings is 1. The molecule has 0 atom stereocenters. The third kappa shape index (κ3) is 5.35. The van der Waals surface area contributed by atoms with Crippen molar-refractivity contribution in [2.24, 2.45) is 0 Å². The highest BCUT2D eigenvalue weighted by atomic mass is 35.5. The van der Waals surface area contributed by atoms with Gasteiger partial charge in [0.1, 0.15) is 0 Å². The van der Waals surface area contributed by atoms with Crippen molar-refractivity contribution >= 4 is 40.7 Å². The number of hydrogen-bond acceptors (Lipinski definition) is 5. The Morgan fingerprint density at radius 2 is 1.87 bits per heavy atom. The molecule has 1 heterocycles. The second-order valence-electron chi connectivity index (χ2n) is 5.11. The molecule has 23 heavy (non-hydrogen) atoms. The van der Waals surface area contributed by atoms with E-state index in [-0.39, 0.29) is 5.91 Å². The Bertz CT molecular complexity index is 676. The predicted octanol–water partition coefficient (Wildman–Crippen LogP) is 2.82. The van der Waals surface area contributed by atoms with Gasteiger partial charge in [-0.15, -0.1) is 0 Å². The number of hydrogen-bond donors (Lipinski definition) is 2. The topological polar surface area (TPSA) is 70.2 Å². The lowest BCUT2D eigenvalue weighted by Crippen LogP contribution is -2.31. The van der Waals surface area contributed by atoms with Gasteiger partial charge in [0.05, 0.1) is 15.6 Å². The minimum atomic E-state index is -0.201. The van der Waals surface area contributed by atoms with E-state index in [1.54, 1.807) is 18.2 Å². The minimum Gasteiger partial charge on any atom is -0.351 e. The van der Waals surface area contributed by atoms with E-state index in [0.717, 1.165) is 6.54 Å². The molecular weight excluding hydrogens is 337 g/mol. The Labute approximate surface area is 144 Å². The highest BCUT2D eigenvalue weighted by Gasteiger charge is 2.07. The molecule has 0 bridgehead atoms. The van der Waals surface area contributed by atoms with Crippen LogP contribution in [-0.4, -0.2) is 48.0 Å². The highest BCUT2D eigenvalue weighted by Crippen LogP contribution is 2.26. The van der Waals surface area contributed by atoms with Crippen molar-refractivity contribution in [1.82, 2.24) is 20.2 Å². The van der Waals surface area contributed by atoms with Crippen molar-refractivity contribution < 1.29 is 4.79 Å². The molecule has 0 saturated carbocycles. The number of carbonyl (C=O) groups excluding carboxylic acids is 1. The van der Waals surface area contributed by atoms with Crippen LogP contribution in [-0.2, 0) is 0 Å². The number of rotatable bonds is 6. The first kappa shape index (κ1) is 17.5. The summed E-state index contributed by atoms with van der Waals surface area (Å²) in [6.45, 7) is 1.33. The number of halogens is 2. The van der Waals surface area contributed by atoms with Crippen LogP contribution in [0.4, 0.5) is 11.6 Å². The molecule has 0 unspecified atom stereocenters. The molecule has 6 nitrogen and oxygen atoms in total. The first-order valence-corrected chi connectivity index (χ1v) is 7.68. The fourth-order valence-electron chi connectivity index (χ4n) is 1.71. The minimum absolute atomic E-state index is 0.201. The van der Waals surface area contributed by atoms with E-state index in [4.69, 9.17) is 23.2 Å². The number of nitrogens with zero attached hydrogens (tertiary/aromatic N) is 3. The third-order valence-corrected chi connectivity index (χ3v) is 3.67. The van der Waals surface area contributed by atoms with Crippen LogP contribution in [0.1, 0.15) is 10.4 Å². The maximum absolute atomic E-state index is 11.9.